The lowest BCUT2D eigenvalue weighted by Crippen LogP contribution is -2.39. The molecule has 1 N–H and O–H groups in total. The van der Waals surface area contributed by atoms with Gasteiger partial charge in [0, 0.05) is 12.2 Å². The van der Waals surface area contributed by atoms with Crippen LogP contribution in [0.3, 0.4) is 0 Å². The van der Waals surface area contributed by atoms with Crippen molar-refractivity contribution in [2.24, 2.45) is 5.92 Å². The molecule has 0 radical (unpaired) electrons. The fourth-order valence-corrected chi connectivity index (χ4v) is 3.49. The summed E-state index contributed by atoms with van der Waals surface area (Å²) in [6.45, 7) is 7.01. The maximum absolute atomic E-state index is 13.1. The van der Waals surface area contributed by atoms with Gasteiger partial charge in [0.05, 0.1) is 18.7 Å². The highest BCUT2D eigenvalue weighted by molar-refractivity contribution is 6.22. The Hall–Kier alpha value is -3.35. The second kappa shape index (κ2) is 10.1. The van der Waals surface area contributed by atoms with Gasteiger partial charge in [-0.15, -0.1) is 0 Å². The summed E-state index contributed by atoms with van der Waals surface area (Å²) in [5, 5.41) is 2.81. The number of carbonyl (C=O) groups excluding carboxylic acids is 3. The lowest BCUT2D eigenvalue weighted by Gasteiger charge is -2.22. The zero-order chi connectivity index (χ0) is 22.4. The second-order valence-corrected chi connectivity index (χ2v) is 7.89. The smallest absolute Gasteiger partial charge is 0.332 e. The maximum atomic E-state index is 13.1. The molecule has 3 rings (SSSR count). The van der Waals surface area contributed by atoms with E-state index in [9.17, 15) is 14.4 Å². The minimum absolute atomic E-state index is 0.0980. The van der Waals surface area contributed by atoms with Crippen molar-refractivity contribution < 1.29 is 19.1 Å². The van der Waals surface area contributed by atoms with Crippen molar-refractivity contribution in [2.45, 2.75) is 39.7 Å². The summed E-state index contributed by atoms with van der Waals surface area (Å²) in [5.41, 5.74) is 1.13. The van der Waals surface area contributed by atoms with Crippen LogP contribution in [0.2, 0.25) is 0 Å². The summed E-state index contributed by atoms with van der Waals surface area (Å²) in [4.78, 5) is 41.6. The second-order valence-electron chi connectivity index (χ2n) is 7.89. The molecule has 2 aromatic carbocycles. The van der Waals surface area contributed by atoms with Gasteiger partial charge >= 0.3 is 6.03 Å². The first kappa shape index (κ1) is 22.3. The number of nitrogens with one attached hydrogen (secondary N) is 1. The number of benzene rings is 2. The van der Waals surface area contributed by atoms with E-state index in [1.54, 1.807) is 48.5 Å². The molecule has 31 heavy (non-hydrogen) atoms. The van der Waals surface area contributed by atoms with E-state index in [-0.39, 0.29) is 24.3 Å². The van der Waals surface area contributed by atoms with E-state index in [4.69, 9.17) is 4.74 Å². The molecule has 0 unspecified atom stereocenters. The summed E-state index contributed by atoms with van der Waals surface area (Å²) in [6.07, 6.45) is 0.651. The molecule has 7 nitrogen and oxygen atoms in total. The number of amides is 4. The quantitative estimate of drug-likeness (QED) is 0.610. The van der Waals surface area contributed by atoms with E-state index < -0.39 is 6.04 Å². The predicted molar refractivity (Wildman–Crippen MR) is 120 cm³/mol. The Morgan fingerprint density at radius 1 is 1.06 bits per heavy atom. The number of nitrogens with zero attached hydrogens (tertiary/aromatic N) is 2. The van der Waals surface area contributed by atoms with Gasteiger partial charge in [0.25, 0.3) is 5.91 Å². The monoisotopic (exact) mass is 423 g/mol. The number of hydrogen-bond acceptors (Lipinski definition) is 4. The predicted octanol–water partition coefficient (Wildman–Crippen LogP) is 4.30. The van der Waals surface area contributed by atoms with Crippen LogP contribution in [-0.4, -0.2) is 41.9 Å². The SMILES string of the molecule is CCOc1ccc(NC(=O)C[C@H]2C(=O)N(c3ccccc3)C(=O)N2CCC(C)C)cc1. The maximum Gasteiger partial charge on any atom is 0.332 e. The highest BCUT2D eigenvalue weighted by atomic mass is 16.5. The van der Waals surface area contributed by atoms with Crippen molar-refractivity contribution in [1.29, 1.82) is 0 Å². The van der Waals surface area contributed by atoms with Gasteiger partial charge in [-0.2, -0.15) is 0 Å². The molecule has 0 aromatic heterocycles. The number of urea groups is 1. The van der Waals surface area contributed by atoms with Crippen LogP contribution in [0, 0.1) is 5.92 Å². The van der Waals surface area contributed by atoms with E-state index in [0.29, 0.717) is 30.4 Å². The van der Waals surface area contributed by atoms with Crippen LogP contribution in [0.5, 0.6) is 5.75 Å². The molecular formula is C24H29N3O4. The summed E-state index contributed by atoms with van der Waals surface area (Å²) in [6, 6.07) is 14.7. The van der Waals surface area contributed by atoms with Crippen molar-refractivity contribution >= 4 is 29.2 Å². The first-order chi connectivity index (χ1) is 14.9. The zero-order valence-electron chi connectivity index (χ0n) is 18.2. The Kier molecular flexibility index (Phi) is 7.28. The van der Waals surface area contributed by atoms with E-state index in [2.05, 4.69) is 19.2 Å². The summed E-state index contributed by atoms with van der Waals surface area (Å²) in [5.74, 6) is 0.393. The van der Waals surface area contributed by atoms with Crippen molar-refractivity contribution in [2.75, 3.05) is 23.4 Å². The van der Waals surface area contributed by atoms with Crippen LogP contribution in [0.4, 0.5) is 16.2 Å². The van der Waals surface area contributed by atoms with Crippen molar-refractivity contribution in [3.05, 3.63) is 54.6 Å². The van der Waals surface area contributed by atoms with Crippen LogP contribution in [0.25, 0.3) is 0 Å². The summed E-state index contributed by atoms with van der Waals surface area (Å²) in [7, 11) is 0. The third kappa shape index (κ3) is 5.42. The fraction of sp³-hybridized carbons (Fsp3) is 0.375. The van der Waals surface area contributed by atoms with E-state index in [1.165, 1.54) is 9.80 Å². The Morgan fingerprint density at radius 2 is 1.74 bits per heavy atom. The highest BCUT2D eigenvalue weighted by Gasteiger charge is 2.46. The molecule has 1 atom stereocenters. The Morgan fingerprint density at radius 3 is 2.35 bits per heavy atom. The molecule has 1 heterocycles. The number of imide groups is 1. The Balaban J connectivity index is 1.74. The third-order valence-corrected chi connectivity index (χ3v) is 5.11. The molecule has 1 saturated heterocycles. The topological polar surface area (TPSA) is 79.0 Å². The van der Waals surface area contributed by atoms with Crippen LogP contribution >= 0.6 is 0 Å². The molecule has 164 valence electrons. The molecule has 2 aromatic rings. The molecule has 0 saturated carbocycles. The molecule has 0 bridgehead atoms. The van der Waals surface area contributed by atoms with E-state index in [1.807, 2.05) is 13.0 Å². The minimum atomic E-state index is -0.825. The van der Waals surface area contributed by atoms with Gasteiger partial charge < -0.3 is 15.0 Å². The fourth-order valence-electron chi connectivity index (χ4n) is 3.49. The minimum Gasteiger partial charge on any atom is -0.494 e. The largest absolute Gasteiger partial charge is 0.494 e. The number of ether oxygens (including phenoxy) is 1. The van der Waals surface area contributed by atoms with Crippen LogP contribution in [0.1, 0.15) is 33.6 Å². The normalized spacial score (nSPS) is 16.2. The molecule has 1 fully saturated rings. The van der Waals surface area contributed by atoms with Gasteiger partial charge in [0.1, 0.15) is 11.8 Å². The van der Waals surface area contributed by atoms with Gasteiger partial charge in [0.15, 0.2) is 0 Å². The zero-order valence-corrected chi connectivity index (χ0v) is 18.2. The molecule has 7 heteroatoms. The Bertz CT molecular complexity index is 912. The van der Waals surface area contributed by atoms with E-state index >= 15 is 0 Å². The third-order valence-electron chi connectivity index (χ3n) is 5.11. The standard InChI is InChI=1S/C24H29N3O4/c1-4-31-20-12-10-18(11-13-20)25-22(28)16-21-23(29)27(19-8-6-5-7-9-19)24(30)26(21)15-14-17(2)3/h5-13,17,21H,4,14-16H2,1-3H3,(H,25,28)/t21-/m0/s1. The number of rotatable bonds is 9. The van der Waals surface area contributed by atoms with E-state index in [0.717, 1.165) is 12.2 Å². The van der Waals surface area contributed by atoms with Crippen molar-refractivity contribution in [3.8, 4) is 5.75 Å². The molecule has 1 aliphatic rings. The lowest BCUT2D eigenvalue weighted by atomic mass is 10.1. The number of hydrogen-bond donors (Lipinski definition) is 1. The summed E-state index contributed by atoms with van der Waals surface area (Å²) < 4.78 is 5.41. The molecule has 0 aliphatic carbocycles. The van der Waals surface area contributed by atoms with Gasteiger partial charge in [-0.05, 0) is 55.7 Å². The first-order valence-electron chi connectivity index (χ1n) is 10.6. The molecule has 0 spiro atoms. The Labute approximate surface area is 183 Å². The van der Waals surface area contributed by atoms with Gasteiger partial charge in [0.2, 0.25) is 5.91 Å². The lowest BCUT2D eigenvalue weighted by molar-refractivity contribution is -0.124. The molecule has 4 amide bonds. The van der Waals surface area contributed by atoms with Crippen LogP contribution < -0.4 is 15.0 Å². The highest BCUT2D eigenvalue weighted by Crippen LogP contribution is 2.27. The first-order valence-corrected chi connectivity index (χ1v) is 10.6. The number of anilines is 2. The van der Waals surface area contributed by atoms with Crippen LogP contribution in [-0.2, 0) is 9.59 Å². The van der Waals surface area contributed by atoms with Gasteiger partial charge in [-0.25, -0.2) is 9.69 Å². The van der Waals surface area contributed by atoms with Gasteiger partial charge in [-0.1, -0.05) is 32.0 Å². The molecular weight excluding hydrogens is 394 g/mol. The van der Waals surface area contributed by atoms with Gasteiger partial charge in [-0.3, -0.25) is 9.59 Å². The number of carbonyl (C=O) groups is 3. The summed E-state index contributed by atoms with van der Waals surface area (Å²) >= 11 is 0. The number of para-hydroxylation sites is 1. The average Bonchev–Trinajstić information content (AvgIpc) is 2.97. The average molecular weight is 424 g/mol. The van der Waals surface area contributed by atoms with Crippen LogP contribution in [0.15, 0.2) is 54.6 Å². The molecule has 1 aliphatic heterocycles. The van der Waals surface area contributed by atoms with Crippen molar-refractivity contribution in [3.63, 3.8) is 0 Å². The van der Waals surface area contributed by atoms with Crippen molar-refractivity contribution in [1.82, 2.24) is 4.90 Å².